The van der Waals surface area contributed by atoms with Crippen LogP contribution in [0.15, 0.2) is 36.5 Å². The minimum atomic E-state index is -0.767. The molecule has 0 aliphatic rings. The SMILES string of the molecule is CCCCCCC/C=C\C/C=C\CCCCCCCCCCCCCCCCCCCCCCCCCC(=O)OCC(COC(=O)CCCCCCCC)OC(=O)CCCCCCCCCCCCC/C=C\CCCCCCCCCC. The second kappa shape index (κ2) is 71.1. The zero-order chi connectivity index (χ0) is 59.2. The van der Waals surface area contributed by atoms with Crippen molar-refractivity contribution in [2.24, 2.45) is 0 Å². The molecule has 0 aromatic rings. The van der Waals surface area contributed by atoms with Gasteiger partial charge in [0, 0.05) is 19.3 Å². The van der Waals surface area contributed by atoms with E-state index in [-0.39, 0.29) is 31.1 Å². The summed E-state index contributed by atoms with van der Waals surface area (Å²) in [6.45, 7) is 6.64. The van der Waals surface area contributed by atoms with Crippen molar-refractivity contribution < 1.29 is 28.6 Å². The molecule has 482 valence electrons. The van der Waals surface area contributed by atoms with Crippen LogP contribution in [0.5, 0.6) is 0 Å². The van der Waals surface area contributed by atoms with E-state index < -0.39 is 6.10 Å². The normalized spacial score (nSPS) is 12.2. The number of carbonyl (C=O) groups excluding carboxylic acids is 3. The lowest BCUT2D eigenvalue weighted by molar-refractivity contribution is -0.167. The standard InChI is InChI=1S/C76H142O6/c1-4-7-10-13-16-18-20-22-24-26-28-30-32-33-34-35-36-37-38-39-40-41-42-43-45-46-48-50-52-54-56-58-60-63-66-69-75(78)81-72-73(71-80-74(77)68-65-62-15-12-9-6-3)82-76(79)70-67-64-61-59-57-55-53-51-49-47-44-31-29-27-25-23-21-19-17-14-11-8-5-2/h20,22,26-29,73H,4-19,21,23-25,30-72H2,1-3H3/b22-20-,28-26-,29-27-. The third-order valence-electron chi connectivity index (χ3n) is 16.9. The number of hydrogen-bond donors (Lipinski definition) is 0. The van der Waals surface area contributed by atoms with Gasteiger partial charge in [-0.2, -0.15) is 0 Å². The fraction of sp³-hybridized carbons (Fsp3) is 0.882. The number of ether oxygens (including phenoxy) is 3. The maximum Gasteiger partial charge on any atom is 0.306 e. The zero-order valence-corrected chi connectivity index (χ0v) is 55.5. The summed E-state index contributed by atoms with van der Waals surface area (Å²) in [7, 11) is 0. The summed E-state index contributed by atoms with van der Waals surface area (Å²) < 4.78 is 16.9. The Kier molecular flexibility index (Phi) is 69.1. The molecule has 6 heteroatoms. The number of allylic oxidation sites excluding steroid dienone is 6. The smallest absolute Gasteiger partial charge is 0.306 e. The van der Waals surface area contributed by atoms with Crippen molar-refractivity contribution in [3.05, 3.63) is 36.5 Å². The van der Waals surface area contributed by atoms with E-state index in [0.29, 0.717) is 19.3 Å². The van der Waals surface area contributed by atoms with Crippen molar-refractivity contribution >= 4 is 17.9 Å². The van der Waals surface area contributed by atoms with Gasteiger partial charge in [0.15, 0.2) is 6.10 Å². The molecule has 0 aliphatic carbocycles. The van der Waals surface area contributed by atoms with Crippen molar-refractivity contribution in [3.63, 3.8) is 0 Å². The molecule has 0 fully saturated rings. The molecular weight excluding hydrogens is 1010 g/mol. The van der Waals surface area contributed by atoms with Crippen molar-refractivity contribution in [2.75, 3.05) is 13.2 Å². The first-order valence-electron chi connectivity index (χ1n) is 37.0. The minimum Gasteiger partial charge on any atom is -0.462 e. The Labute approximate surface area is 512 Å². The summed E-state index contributed by atoms with van der Waals surface area (Å²) in [5.41, 5.74) is 0. The van der Waals surface area contributed by atoms with Crippen molar-refractivity contribution in [3.8, 4) is 0 Å². The van der Waals surface area contributed by atoms with Crippen LogP contribution < -0.4 is 0 Å². The second-order valence-electron chi connectivity index (χ2n) is 25.2. The highest BCUT2D eigenvalue weighted by molar-refractivity contribution is 5.71. The van der Waals surface area contributed by atoms with Crippen LogP contribution in [0.2, 0.25) is 0 Å². The molecule has 0 aliphatic heterocycles. The molecule has 6 nitrogen and oxygen atoms in total. The van der Waals surface area contributed by atoms with E-state index in [2.05, 4.69) is 57.2 Å². The van der Waals surface area contributed by atoms with E-state index in [9.17, 15) is 14.4 Å². The highest BCUT2D eigenvalue weighted by Crippen LogP contribution is 2.19. The second-order valence-corrected chi connectivity index (χ2v) is 25.2. The molecule has 82 heavy (non-hydrogen) atoms. The van der Waals surface area contributed by atoms with Crippen LogP contribution in [0.4, 0.5) is 0 Å². The molecule has 0 saturated heterocycles. The van der Waals surface area contributed by atoms with Gasteiger partial charge in [0.1, 0.15) is 13.2 Å². The highest BCUT2D eigenvalue weighted by atomic mass is 16.6. The van der Waals surface area contributed by atoms with Gasteiger partial charge in [-0.25, -0.2) is 0 Å². The molecule has 0 aromatic carbocycles. The van der Waals surface area contributed by atoms with Crippen LogP contribution in [0, 0.1) is 0 Å². The Hall–Kier alpha value is -2.37. The number of esters is 3. The van der Waals surface area contributed by atoms with Gasteiger partial charge in [-0.3, -0.25) is 14.4 Å². The first-order chi connectivity index (χ1) is 40.5. The fourth-order valence-electron chi connectivity index (χ4n) is 11.3. The summed E-state index contributed by atoms with van der Waals surface area (Å²) in [6, 6.07) is 0. The lowest BCUT2D eigenvalue weighted by Crippen LogP contribution is -2.30. The third-order valence-corrected chi connectivity index (χ3v) is 16.9. The van der Waals surface area contributed by atoms with Crippen LogP contribution in [0.25, 0.3) is 0 Å². The Morgan fingerprint density at radius 2 is 0.439 bits per heavy atom. The number of rotatable bonds is 69. The van der Waals surface area contributed by atoms with Gasteiger partial charge in [0.05, 0.1) is 0 Å². The van der Waals surface area contributed by atoms with Crippen LogP contribution in [0.1, 0.15) is 412 Å². The van der Waals surface area contributed by atoms with Gasteiger partial charge < -0.3 is 14.2 Å². The molecule has 0 rings (SSSR count). The number of hydrogen-bond acceptors (Lipinski definition) is 6. The average Bonchev–Trinajstić information content (AvgIpc) is 3.47. The van der Waals surface area contributed by atoms with E-state index in [1.165, 1.54) is 308 Å². The Balaban J connectivity index is 3.91. The zero-order valence-electron chi connectivity index (χ0n) is 55.5. The first kappa shape index (κ1) is 79.6. The Morgan fingerprint density at radius 1 is 0.244 bits per heavy atom. The monoisotopic (exact) mass is 1150 g/mol. The van der Waals surface area contributed by atoms with Crippen molar-refractivity contribution in [1.29, 1.82) is 0 Å². The van der Waals surface area contributed by atoms with Gasteiger partial charge in [-0.15, -0.1) is 0 Å². The molecule has 0 spiro atoms. The van der Waals surface area contributed by atoms with E-state index in [1.54, 1.807) is 0 Å². The molecular formula is C76H142O6. The number of unbranched alkanes of at least 4 members (excludes halogenated alkanes) is 52. The topological polar surface area (TPSA) is 78.9 Å². The van der Waals surface area contributed by atoms with Crippen molar-refractivity contribution in [2.45, 2.75) is 419 Å². The van der Waals surface area contributed by atoms with Gasteiger partial charge >= 0.3 is 17.9 Å². The van der Waals surface area contributed by atoms with E-state index in [1.807, 2.05) is 0 Å². The highest BCUT2D eigenvalue weighted by Gasteiger charge is 2.19. The van der Waals surface area contributed by atoms with E-state index in [0.717, 1.165) is 64.2 Å². The third kappa shape index (κ3) is 68.4. The number of carbonyl (C=O) groups is 3. The maximum absolute atomic E-state index is 12.9. The quantitative estimate of drug-likeness (QED) is 0.0261. The molecule has 0 bridgehead atoms. The summed E-state index contributed by atoms with van der Waals surface area (Å²) in [5, 5.41) is 0. The Bertz CT molecular complexity index is 1370. The molecule has 1 atom stereocenters. The predicted octanol–water partition coefficient (Wildman–Crippen LogP) is 25.5. The lowest BCUT2D eigenvalue weighted by atomic mass is 10.0. The summed E-state index contributed by atoms with van der Waals surface area (Å²) in [4.78, 5) is 38.1. The summed E-state index contributed by atoms with van der Waals surface area (Å²) in [5.74, 6) is -0.850. The maximum atomic E-state index is 12.9. The van der Waals surface area contributed by atoms with Gasteiger partial charge in [0.25, 0.3) is 0 Å². The fourth-order valence-corrected chi connectivity index (χ4v) is 11.3. The summed E-state index contributed by atoms with van der Waals surface area (Å²) in [6.07, 6.45) is 89.6. The van der Waals surface area contributed by atoms with Crippen molar-refractivity contribution in [1.82, 2.24) is 0 Å². The average molecular weight is 1150 g/mol. The molecule has 1 unspecified atom stereocenters. The van der Waals surface area contributed by atoms with Crippen LogP contribution in [-0.2, 0) is 28.6 Å². The van der Waals surface area contributed by atoms with Gasteiger partial charge in [0.2, 0.25) is 0 Å². The van der Waals surface area contributed by atoms with Gasteiger partial charge in [-0.05, 0) is 77.0 Å². The van der Waals surface area contributed by atoms with Crippen LogP contribution in [-0.4, -0.2) is 37.2 Å². The van der Waals surface area contributed by atoms with Crippen LogP contribution >= 0.6 is 0 Å². The molecule has 0 amide bonds. The first-order valence-corrected chi connectivity index (χ1v) is 37.0. The molecule has 0 heterocycles. The molecule has 0 radical (unpaired) electrons. The van der Waals surface area contributed by atoms with Crippen LogP contribution in [0.3, 0.4) is 0 Å². The predicted molar refractivity (Wildman–Crippen MR) is 358 cm³/mol. The minimum absolute atomic E-state index is 0.0666. The van der Waals surface area contributed by atoms with E-state index in [4.69, 9.17) is 14.2 Å². The largest absolute Gasteiger partial charge is 0.462 e. The van der Waals surface area contributed by atoms with E-state index >= 15 is 0 Å². The van der Waals surface area contributed by atoms with Gasteiger partial charge in [-0.1, -0.05) is 353 Å². The molecule has 0 N–H and O–H groups in total. The lowest BCUT2D eigenvalue weighted by Gasteiger charge is -2.18. The molecule has 0 saturated carbocycles. The molecule has 0 aromatic heterocycles. The Morgan fingerprint density at radius 3 is 0.683 bits per heavy atom. The summed E-state index contributed by atoms with van der Waals surface area (Å²) >= 11 is 0.